The highest BCUT2D eigenvalue weighted by molar-refractivity contribution is 14.2. The Bertz CT molecular complexity index is 78.6. The van der Waals surface area contributed by atoms with Gasteiger partial charge in [0, 0.05) is 6.21 Å². The van der Waals surface area contributed by atoms with E-state index in [4.69, 9.17) is 5.41 Å². The molecule has 0 atom stereocenters. The molecule has 0 aromatic heterocycles. The van der Waals surface area contributed by atoms with Gasteiger partial charge >= 0.3 is 0 Å². The maximum absolute atomic E-state index is 6.69. The summed E-state index contributed by atoms with van der Waals surface area (Å²) in [7, 11) is 0. The second-order valence-corrected chi connectivity index (χ2v) is 4.17. The molecule has 0 saturated carbocycles. The van der Waals surface area contributed by atoms with Gasteiger partial charge in [0.1, 0.15) is 0 Å². The molecule has 0 radical (unpaired) electrons. The molecule has 0 heterocycles. The standard InChI is InChI=1S/C6H12IN/c1-2-3-4-7-5-6-8/h5-6,8H,2-4H2,1H3. The van der Waals surface area contributed by atoms with Crippen LogP contribution in [0.3, 0.4) is 0 Å². The Morgan fingerprint density at radius 2 is 2.38 bits per heavy atom. The Labute approximate surface area is 60.7 Å². The number of hydrogen-bond acceptors (Lipinski definition) is 1. The van der Waals surface area contributed by atoms with Crippen molar-refractivity contribution < 1.29 is 0 Å². The Hall–Kier alpha value is 0.270. The molecule has 8 heavy (non-hydrogen) atoms. The molecule has 0 fully saturated rings. The first-order valence-electron chi connectivity index (χ1n) is 2.81. The fraction of sp³-hybridized carbons (Fsp3) is 0.667. The van der Waals surface area contributed by atoms with Crippen LogP contribution in [0.15, 0.2) is 0 Å². The summed E-state index contributed by atoms with van der Waals surface area (Å²) >= 11 is 0.250. The molecule has 1 N–H and O–H groups in total. The number of nitrogens with one attached hydrogen (secondary N) is 1. The van der Waals surface area contributed by atoms with E-state index >= 15 is 0 Å². The average molecular weight is 225 g/mol. The number of rotatable bonds is 4. The molecule has 0 aromatic carbocycles. The van der Waals surface area contributed by atoms with Gasteiger partial charge in [-0.2, -0.15) is 0 Å². The summed E-state index contributed by atoms with van der Waals surface area (Å²) in [5.74, 6) is 0. The Morgan fingerprint density at radius 1 is 1.62 bits per heavy atom. The van der Waals surface area contributed by atoms with Crippen LogP contribution in [0.5, 0.6) is 0 Å². The Kier molecular flexibility index (Phi) is 7.52. The van der Waals surface area contributed by atoms with Crippen molar-refractivity contribution in [1.29, 1.82) is 5.41 Å². The van der Waals surface area contributed by atoms with Crippen LogP contribution in [-0.4, -0.2) is 14.7 Å². The summed E-state index contributed by atoms with van der Waals surface area (Å²) in [6, 6.07) is 0. The van der Waals surface area contributed by atoms with Crippen molar-refractivity contribution in [2.24, 2.45) is 0 Å². The van der Waals surface area contributed by atoms with Gasteiger partial charge in [0.05, 0.1) is 0 Å². The first kappa shape index (κ1) is 8.27. The zero-order valence-corrected chi connectivity index (χ0v) is 7.31. The first-order valence-corrected chi connectivity index (χ1v) is 5.59. The van der Waals surface area contributed by atoms with Gasteiger partial charge in [-0.05, 0) is 14.9 Å². The van der Waals surface area contributed by atoms with Gasteiger partial charge in [-0.1, -0.05) is 13.3 Å². The number of halogens is 1. The molecule has 0 aliphatic heterocycles. The Balaban J connectivity index is 2.91. The highest BCUT2D eigenvalue weighted by atomic mass is 127. The lowest BCUT2D eigenvalue weighted by atomic mass is 10.4. The van der Waals surface area contributed by atoms with Crippen LogP contribution < -0.4 is 0 Å². The van der Waals surface area contributed by atoms with Crippen molar-refractivity contribution in [1.82, 2.24) is 0 Å². The zero-order chi connectivity index (χ0) is 6.24. The van der Waals surface area contributed by atoms with Crippen molar-refractivity contribution in [3.63, 3.8) is 0 Å². The molecule has 0 aromatic rings. The van der Waals surface area contributed by atoms with Gasteiger partial charge in [0.15, 0.2) is 0 Å². The minimum Gasteiger partial charge on any atom is -0.308 e. The lowest BCUT2D eigenvalue weighted by Gasteiger charge is -1.83. The lowest BCUT2D eigenvalue weighted by Crippen LogP contribution is -1.71. The number of unbranched alkanes of at least 4 members (excludes halogenated alkanes) is 1. The summed E-state index contributed by atoms with van der Waals surface area (Å²) < 4.78 is 3.36. The second kappa shape index (κ2) is 7.27. The van der Waals surface area contributed by atoms with E-state index in [1.54, 1.807) is 0 Å². The van der Waals surface area contributed by atoms with Crippen LogP contribution in [0.1, 0.15) is 19.8 Å². The molecule has 48 valence electrons. The van der Waals surface area contributed by atoms with Gasteiger partial charge in [-0.3, -0.25) is 0 Å². The number of alkyl halides is 1. The van der Waals surface area contributed by atoms with Gasteiger partial charge in [0.2, 0.25) is 0 Å². The summed E-state index contributed by atoms with van der Waals surface area (Å²) in [5, 5.41) is 6.69. The van der Waals surface area contributed by atoms with Crippen LogP contribution in [0, 0.1) is 5.41 Å². The van der Waals surface area contributed by atoms with E-state index in [1.807, 2.05) is 4.01 Å². The van der Waals surface area contributed by atoms with E-state index in [0.29, 0.717) is 0 Å². The van der Waals surface area contributed by atoms with Crippen molar-refractivity contribution in [2.45, 2.75) is 19.8 Å². The molecular formula is C6H12IN. The predicted molar refractivity (Wildman–Crippen MR) is 48.6 cm³/mol. The van der Waals surface area contributed by atoms with Gasteiger partial charge in [0.25, 0.3) is 0 Å². The molecule has 2 heteroatoms. The zero-order valence-electron chi connectivity index (χ0n) is 5.15. The summed E-state index contributed by atoms with van der Waals surface area (Å²) in [5.41, 5.74) is 0. The fourth-order valence-corrected chi connectivity index (χ4v) is 2.14. The van der Waals surface area contributed by atoms with E-state index in [1.165, 1.54) is 23.5 Å². The third-order valence-corrected chi connectivity index (χ3v) is 3.00. The molecule has 0 aliphatic carbocycles. The highest BCUT2D eigenvalue weighted by Crippen LogP contribution is 1.98. The summed E-state index contributed by atoms with van der Waals surface area (Å²) in [6.45, 7) is 2.20. The first-order chi connectivity index (χ1) is 3.91. The van der Waals surface area contributed by atoms with Crippen LogP contribution in [0.25, 0.3) is 0 Å². The predicted octanol–water partition coefficient (Wildman–Crippen LogP) is 2.21. The minimum absolute atomic E-state index is 0.250. The molecule has 0 unspecified atom stereocenters. The normalized spacial score (nSPS) is 11.1. The third kappa shape index (κ3) is 6.27. The molecule has 0 aliphatic rings. The lowest BCUT2D eigenvalue weighted by molar-refractivity contribution is 0.907. The molecule has 0 amide bonds. The van der Waals surface area contributed by atoms with E-state index in [2.05, 4.69) is 6.92 Å². The SMILES string of the molecule is CCCCI=CC=N. The van der Waals surface area contributed by atoms with E-state index in [9.17, 15) is 0 Å². The molecule has 0 spiro atoms. The van der Waals surface area contributed by atoms with Crippen LogP contribution in [0.2, 0.25) is 0 Å². The molecule has 0 bridgehead atoms. The minimum atomic E-state index is 0.250. The summed E-state index contributed by atoms with van der Waals surface area (Å²) in [4.78, 5) is 0. The van der Waals surface area contributed by atoms with Gasteiger partial charge in [-0.15, -0.1) is 20.7 Å². The average Bonchev–Trinajstić information content (AvgIpc) is 1.81. The molecular weight excluding hydrogens is 213 g/mol. The maximum Gasteiger partial charge on any atom is 0.0231 e. The quantitative estimate of drug-likeness (QED) is 0.328. The van der Waals surface area contributed by atoms with Crippen molar-refractivity contribution in [3.8, 4) is 0 Å². The summed E-state index contributed by atoms with van der Waals surface area (Å²) in [6.07, 6.45) is 4.06. The highest BCUT2D eigenvalue weighted by Gasteiger charge is 1.74. The fourth-order valence-electron chi connectivity index (χ4n) is 0.318. The smallest absolute Gasteiger partial charge is 0.0231 e. The molecule has 0 saturated heterocycles. The van der Waals surface area contributed by atoms with Crippen molar-refractivity contribution in [2.75, 3.05) is 4.43 Å². The molecule has 0 rings (SSSR count). The Morgan fingerprint density at radius 3 is 2.88 bits per heavy atom. The van der Waals surface area contributed by atoms with Gasteiger partial charge in [-0.25, -0.2) is 0 Å². The largest absolute Gasteiger partial charge is 0.308 e. The van der Waals surface area contributed by atoms with Crippen LogP contribution in [0.4, 0.5) is 0 Å². The van der Waals surface area contributed by atoms with Crippen molar-refractivity contribution >= 4 is 31.0 Å². The monoisotopic (exact) mass is 225 g/mol. The van der Waals surface area contributed by atoms with Crippen LogP contribution in [-0.2, 0) is 0 Å². The third-order valence-electron chi connectivity index (χ3n) is 0.748. The second-order valence-electron chi connectivity index (χ2n) is 1.49. The van der Waals surface area contributed by atoms with Crippen LogP contribution >= 0.6 is 20.7 Å². The van der Waals surface area contributed by atoms with E-state index in [0.717, 1.165) is 0 Å². The maximum atomic E-state index is 6.69. The van der Waals surface area contributed by atoms with E-state index < -0.39 is 0 Å². The van der Waals surface area contributed by atoms with E-state index in [-0.39, 0.29) is 20.7 Å². The topological polar surface area (TPSA) is 23.9 Å². The van der Waals surface area contributed by atoms with Gasteiger partial charge < -0.3 is 5.41 Å². The number of hydrogen-bond donors (Lipinski definition) is 1. The molecule has 1 nitrogen and oxygen atoms in total. The van der Waals surface area contributed by atoms with Crippen molar-refractivity contribution in [3.05, 3.63) is 0 Å².